The number of hydrogen-bond acceptors (Lipinski definition) is 3. The van der Waals surface area contributed by atoms with E-state index in [0.29, 0.717) is 10.7 Å². The molecule has 0 bridgehead atoms. The zero-order valence-corrected chi connectivity index (χ0v) is 10.4. The van der Waals surface area contributed by atoms with Crippen LogP contribution < -0.4 is 10.6 Å². The van der Waals surface area contributed by atoms with Crippen molar-refractivity contribution in [2.45, 2.75) is 13.0 Å². The third-order valence-corrected chi connectivity index (χ3v) is 2.58. The molecule has 18 heavy (non-hydrogen) atoms. The number of aliphatic hydroxyl groups excluding tert-OH is 1. The normalized spacial score (nSPS) is 11.7. The molecule has 98 valence electrons. The van der Waals surface area contributed by atoms with Gasteiger partial charge in [0, 0.05) is 10.7 Å². The lowest BCUT2D eigenvalue weighted by Crippen LogP contribution is -2.38. The highest BCUT2D eigenvalue weighted by atomic mass is 35.5. The highest BCUT2D eigenvalue weighted by Gasteiger charge is 2.14. The van der Waals surface area contributed by atoms with Crippen LogP contribution in [-0.2, 0) is 4.79 Å². The Kier molecular flexibility index (Phi) is 4.94. The van der Waals surface area contributed by atoms with E-state index in [1.165, 1.54) is 0 Å². The number of anilines is 1. The van der Waals surface area contributed by atoms with Gasteiger partial charge < -0.3 is 20.8 Å². The molecule has 2 amide bonds. The van der Waals surface area contributed by atoms with Crippen LogP contribution in [0.4, 0.5) is 10.5 Å². The number of halogens is 1. The van der Waals surface area contributed by atoms with Gasteiger partial charge in [-0.3, -0.25) is 0 Å². The summed E-state index contributed by atoms with van der Waals surface area (Å²) in [5.74, 6) is -1.39. The molecule has 7 heteroatoms. The molecular weight excluding hydrogens is 260 g/mol. The molecular formula is C11H13ClN2O4. The summed E-state index contributed by atoms with van der Waals surface area (Å²) >= 11 is 5.88. The fourth-order valence-electron chi connectivity index (χ4n) is 1.12. The Morgan fingerprint density at radius 1 is 1.44 bits per heavy atom. The van der Waals surface area contributed by atoms with Gasteiger partial charge in [-0.05, 0) is 24.6 Å². The molecule has 1 atom stereocenters. The topological polar surface area (TPSA) is 98.7 Å². The number of amides is 2. The number of carboxylic acid groups (broad SMARTS) is 1. The maximum absolute atomic E-state index is 11.4. The second-order valence-corrected chi connectivity index (χ2v) is 4.06. The van der Waals surface area contributed by atoms with Crippen LogP contribution in [0.5, 0.6) is 0 Å². The summed E-state index contributed by atoms with van der Waals surface area (Å²) in [6.07, 6.45) is -1.63. The smallest absolute Gasteiger partial charge is 0.334 e. The molecule has 1 aromatic carbocycles. The van der Waals surface area contributed by atoms with E-state index in [2.05, 4.69) is 10.6 Å². The number of hydrogen-bond donors (Lipinski definition) is 4. The Morgan fingerprint density at radius 3 is 2.67 bits per heavy atom. The minimum Gasteiger partial charge on any atom is -0.479 e. The first-order valence-corrected chi connectivity index (χ1v) is 5.50. The van der Waals surface area contributed by atoms with Crippen molar-refractivity contribution in [1.29, 1.82) is 0 Å². The van der Waals surface area contributed by atoms with Crippen LogP contribution in [0.25, 0.3) is 0 Å². The van der Waals surface area contributed by atoms with Gasteiger partial charge in [-0.2, -0.15) is 0 Å². The first kappa shape index (κ1) is 14.3. The third kappa shape index (κ3) is 4.23. The van der Waals surface area contributed by atoms with Gasteiger partial charge in [0.25, 0.3) is 0 Å². The van der Waals surface area contributed by atoms with Crippen molar-refractivity contribution in [3.63, 3.8) is 0 Å². The predicted octanol–water partition coefficient (Wildman–Crippen LogP) is 1.22. The van der Waals surface area contributed by atoms with E-state index in [9.17, 15) is 9.59 Å². The number of nitrogens with one attached hydrogen (secondary N) is 2. The van der Waals surface area contributed by atoms with E-state index < -0.39 is 18.1 Å². The number of carboxylic acids is 1. The molecule has 1 rings (SSSR count). The van der Waals surface area contributed by atoms with Crippen LogP contribution in [0.1, 0.15) is 5.56 Å². The van der Waals surface area contributed by atoms with Crippen molar-refractivity contribution < 1.29 is 19.8 Å². The first-order valence-electron chi connectivity index (χ1n) is 5.12. The predicted molar refractivity (Wildman–Crippen MR) is 66.9 cm³/mol. The molecule has 0 aromatic heterocycles. The zero-order valence-electron chi connectivity index (χ0n) is 9.61. The molecule has 0 spiro atoms. The maximum atomic E-state index is 11.4. The molecule has 0 aliphatic heterocycles. The Morgan fingerprint density at radius 2 is 2.11 bits per heavy atom. The van der Waals surface area contributed by atoms with E-state index in [4.69, 9.17) is 21.8 Å². The maximum Gasteiger partial charge on any atom is 0.334 e. The van der Waals surface area contributed by atoms with Gasteiger partial charge in [-0.15, -0.1) is 0 Å². The molecule has 0 aliphatic carbocycles. The number of benzene rings is 1. The molecule has 1 aromatic rings. The molecule has 0 saturated heterocycles. The number of carbonyl (C=O) groups is 2. The second kappa shape index (κ2) is 6.23. The molecule has 0 heterocycles. The quantitative estimate of drug-likeness (QED) is 0.662. The molecule has 0 fully saturated rings. The largest absolute Gasteiger partial charge is 0.479 e. The lowest BCUT2D eigenvalue weighted by molar-refractivity contribution is -0.146. The minimum absolute atomic E-state index is 0.374. The standard InChI is InChI=1S/C11H13ClN2O4/c1-6-2-3-7(4-8(6)12)14-11(18)13-5-9(15)10(16)17/h2-4,9,15H,5H2,1H3,(H,16,17)(H2,13,14,18)/t9-/m0/s1. The van der Waals surface area contributed by atoms with Crippen molar-refractivity contribution in [2.24, 2.45) is 0 Å². The van der Waals surface area contributed by atoms with Crippen LogP contribution in [0.15, 0.2) is 18.2 Å². The van der Waals surface area contributed by atoms with E-state index >= 15 is 0 Å². The zero-order chi connectivity index (χ0) is 13.7. The Hall–Kier alpha value is -1.79. The average molecular weight is 273 g/mol. The highest BCUT2D eigenvalue weighted by molar-refractivity contribution is 6.31. The number of aliphatic carboxylic acids is 1. The molecule has 4 N–H and O–H groups in total. The van der Waals surface area contributed by atoms with Crippen molar-refractivity contribution in [2.75, 3.05) is 11.9 Å². The summed E-state index contributed by atoms with van der Waals surface area (Å²) in [5.41, 5.74) is 1.36. The first-order chi connectivity index (χ1) is 8.40. The summed E-state index contributed by atoms with van der Waals surface area (Å²) in [7, 11) is 0. The summed E-state index contributed by atoms with van der Waals surface area (Å²) in [6.45, 7) is 1.45. The number of aryl methyl sites for hydroxylation is 1. The van der Waals surface area contributed by atoms with Crippen molar-refractivity contribution in [3.05, 3.63) is 28.8 Å². The summed E-state index contributed by atoms with van der Waals surface area (Å²) in [5, 5.41) is 22.6. The lowest BCUT2D eigenvalue weighted by atomic mass is 10.2. The van der Waals surface area contributed by atoms with Gasteiger partial charge in [0.1, 0.15) is 0 Å². The number of aliphatic hydroxyl groups is 1. The SMILES string of the molecule is Cc1ccc(NC(=O)NC[C@H](O)C(=O)O)cc1Cl. The number of carbonyl (C=O) groups excluding carboxylic acids is 1. The fourth-order valence-corrected chi connectivity index (χ4v) is 1.30. The van der Waals surface area contributed by atoms with E-state index in [-0.39, 0.29) is 6.54 Å². The van der Waals surface area contributed by atoms with Gasteiger partial charge in [0.05, 0.1) is 6.54 Å². The van der Waals surface area contributed by atoms with Crippen LogP contribution in [0.3, 0.4) is 0 Å². The van der Waals surface area contributed by atoms with Gasteiger partial charge in [-0.25, -0.2) is 9.59 Å². The van der Waals surface area contributed by atoms with Crippen molar-refractivity contribution in [1.82, 2.24) is 5.32 Å². The van der Waals surface area contributed by atoms with Crippen LogP contribution in [-0.4, -0.2) is 34.9 Å². The van der Waals surface area contributed by atoms with E-state index in [1.54, 1.807) is 18.2 Å². The van der Waals surface area contributed by atoms with Gasteiger partial charge in [0.15, 0.2) is 6.10 Å². The molecule has 0 aliphatic rings. The summed E-state index contributed by atoms with van der Waals surface area (Å²) in [6, 6.07) is 4.36. The van der Waals surface area contributed by atoms with E-state index in [0.717, 1.165) is 5.56 Å². The number of urea groups is 1. The monoisotopic (exact) mass is 272 g/mol. The Labute approximate surface area is 109 Å². The van der Waals surface area contributed by atoms with Gasteiger partial charge >= 0.3 is 12.0 Å². The van der Waals surface area contributed by atoms with Crippen molar-refractivity contribution >= 4 is 29.3 Å². The Balaban J connectivity index is 2.49. The lowest BCUT2D eigenvalue weighted by Gasteiger charge is -2.10. The van der Waals surface area contributed by atoms with Gasteiger partial charge in [-0.1, -0.05) is 17.7 Å². The molecule has 0 radical (unpaired) electrons. The van der Waals surface area contributed by atoms with E-state index in [1.807, 2.05) is 6.92 Å². The van der Waals surface area contributed by atoms with Crippen molar-refractivity contribution in [3.8, 4) is 0 Å². The van der Waals surface area contributed by atoms with Gasteiger partial charge in [0.2, 0.25) is 0 Å². The third-order valence-electron chi connectivity index (χ3n) is 2.17. The number of rotatable bonds is 4. The molecule has 0 unspecified atom stereocenters. The fraction of sp³-hybridized carbons (Fsp3) is 0.273. The highest BCUT2D eigenvalue weighted by Crippen LogP contribution is 2.19. The molecule has 6 nitrogen and oxygen atoms in total. The van der Waals surface area contributed by atoms with Crippen LogP contribution >= 0.6 is 11.6 Å². The summed E-state index contributed by atoms with van der Waals surface area (Å²) < 4.78 is 0. The minimum atomic E-state index is -1.63. The van der Waals surface area contributed by atoms with Crippen LogP contribution in [0, 0.1) is 6.92 Å². The summed E-state index contributed by atoms with van der Waals surface area (Å²) in [4.78, 5) is 21.7. The molecule has 0 saturated carbocycles. The second-order valence-electron chi connectivity index (χ2n) is 3.65. The van der Waals surface area contributed by atoms with Crippen LogP contribution in [0.2, 0.25) is 5.02 Å². The average Bonchev–Trinajstić information content (AvgIpc) is 2.30. The Bertz CT molecular complexity index is 464.